The van der Waals surface area contributed by atoms with Gasteiger partial charge in [0.2, 0.25) is 5.91 Å². The number of fused-ring (bicyclic) bond motifs is 1. The number of imidazole rings is 1. The molecule has 1 aliphatic rings. The monoisotopic (exact) mass is 302 g/mol. The Labute approximate surface area is 129 Å². The molecule has 2 N–H and O–H groups in total. The molecule has 3 rings (SSSR count). The molecule has 1 aromatic heterocycles. The molecule has 0 unspecified atom stereocenters. The number of hydrogen-bond acceptors (Lipinski definition) is 3. The van der Waals surface area contributed by atoms with Gasteiger partial charge in [-0.05, 0) is 31.2 Å². The number of H-pyrrole nitrogens is 2. The van der Waals surface area contributed by atoms with Crippen LogP contribution in [0.3, 0.4) is 0 Å². The lowest BCUT2D eigenvalue weighted by molar-refractivity contribution is -0.135. The Morgan fingerprint density at radius 1 is 1.27 bits per heavy atom. The molecule has 2 aromatic rings. The molecule has 1 atom stereocenters. The molecule has 0 radical (unpaired) electrons. The molecule has 2 heterocycles. The zero-order chi connectivity index (χ0) is 15.7. The van der Waals surface area contributed by atoms with Gasteiger partial charge in [0.15, 0.2) is 0 Å². The molecular formula is C16H22N4O2. The summed E-state index contributed by atoms with van der Waals surface area (Å²) in [7, 11) is 2.10. The number of aromatic nitrogens is 2. The summed E-state index contributed by atoms with van der Waals surface area (Å²) < 4.78 is 0. The van der Waals surface area contributed by atoms with E-state index in [1.54, 1.807) is 0 Å². The van der Waals surface area contributed by atoms with Gasteiger partial charge in [-0.25, -0.2) is 4.79 Å². The number of piperazine rings is 1. The van der Waals surface area contributed by atoms with Crippen molar-refractivity contribution < 1.29 is 4.79 Å². The average Bonchev–Trinajstić information content (AvgIpc) is 2.86. The van der Waals surface area contributed by atoms with Crippen LogP contribution < -0.4 is 5.69 Å². The smallest absolute Gasteiger partial charge is 0.323 e. The average molecular weight is 302 g/mol. The zero-order valence-corrected chi connectivity index (χ0v) is 13.1. The minimum atomic E-state index is -0.219. The molecule has 0 aliphatic carbocycles. The van der Waals surface area contributed by atoms with Crippen molar-refractivity contribution >= 4 is 16.9 Å². The van der Waals surface area contributed by atoms with E-state index < -0.39 is 0 Å². The fourth-order valence-corrected chi connectivity index (χ4v) is 3.15. The van der Waals surface area contributed by atoms with Gasteiger partial charge in [0.25, 0.3) is 0 Å². The number of amides is 1. The van der Waals surface area contributed by atoms with E-state index in [0.717, 1.165) is 42.7 Å². The van der Waals surface area contributed by atoms with Crippen molar-refractivity contribution in [2.24, 2.45) is 0 Å². The number of carbonyl (C=O) groups excluding carboxylic acids is 1. The van der Waals surface area contributed by atoms with E-state index in [4.69, 9.17) is 0 Å². The number of aromatic amines is 2. The van der Waals surface area contributed by atoms with Gasteiger partial charge < -0.3 is 19.8 Å². The third-order valence-electron chi connectivity index (χ3n) is 4.41. The van der Waals surface area contributed by atoms with Gasteiger partial charge in [-0.2, -0.15) is 0 Å². The summed E-state index contributed by atoms with van der Waals surface area (Å²) >= 11 is 0. The van der Waals surface area contributed by atoms with Crippen molar-refractivity contribution in [1.29, 1.82) is 0 Å². The van der Waals surface area contributed by atoms with Crippen LogP contribution in [-0.2, 0) is 11.2 Å². The molecular weight excluding hydrogens is 280 g/mol. The first-order valence-corrected chi connectivity index (χ1v) is 7.75. The van der Waals surface area contributed by atoms with Crippen molar-refractivity contribution in [3.05, 3.63) is 34.2 Å². The van der Waals surface area contributed by atoms with Gasteiger partial charge in [-0.1, -0.05) is 13.0 Å². The number of likely N-dealkylation sites (N-methyl/N-ethyl adjacent to an activating group) is 1. The van der Waals surface area contributed by atoms with Gasteiger partial charge in [0, 0.05) is 25.7 Å². The van der Waals surface area contributed by atoms with Gasteiger partial charge >= 0.3 is 5.69 Å². The van der Waals surface area contributed by atoms with Crippen LogP contribution in [0.4, 0.5) is 0 Å². The standard InChI is InChI=1S/C16H22N4O2/c1-3-12-10-19(2)6-7-20(12)15(21)9-11-4-5-13-14(8-11)18-16(22)17-13/h4-5,8,12H,3,6-7,9-10H2,1-2H3,(H2,17,18,22)/t12-/m0/s1. The Kier molecular flexibility index (Phi) is 4.02. The maximum absolute atomic E-state index is 12.6. The second-order valence-electron chi connectivity index (χ2n) is 6.05. The largest absolute Gasteiger partial charge is 0.337 e. The van der Waals surface area contributed by atoms with E-state index in [1.165, 1.54) is 0 Å². The summed E-state index contributed by atoms with van der Waals surface area (Å²) in [5.74, 6) is 0.164. The molecule has 1 fully saturated rings. The molecule has 6 nitrogen and oxygen atoms in total. The normalized spacial score (nSPS) is 19.7. The van der Waals surface area contributed by atoms with E-state index >= 15 is 0 Å². The Balaban J connectivity index is 1.75. The first-order chi connectivity index (χ1) is 10.6. The first-order valence-electron chi connectivity index (χ1n) is 7.75. The van der Waals surface area contributed by atoms with Crippen LogP contribution in [0.1, 0.15) is 18.9 Å². The van der Waals surface area contributed by atoms with Gasteiger partial charge in [0.05, 0.1) is 17.5 Å². The van der Waals surface area contributed by atoms with Gasteiger partial charge in [0.1, 0.15) is 0 Å². The summed E-state index contributed by atoms with van der Waals surface area (Å²) in [6.45, 7) is 4.77. The topological polar surface area (TPSA) is 72.2 Å². The number of carbonyl (C=O) groups is 1. The summed E-state index contributed by atoms with van der Waals surface area (Å²) in [6, 6.07) is 5.92. The van der Waals surface area contributed by atoms with Crippen LogP contribution in [0.5, 0.6) is 0 Å². The van der Waals surface area contributed by atoms with E-state index in [-0.39, 0.29) is 11.6 Å². The van der Waals surface area contributed by atoms with Crippen LogP contribution >= 0.6 is 0 Å². The lowest BCUT2D eigenvalue weighted by atomic mass is 10.1. The second-order valence-corrected chi connectivity index (χ2v) is 6.05. The molecule has 6 heteroatoms. The predicted octanol–water partition coefficient (Wildman–Crippen LogP) is 0.951. The second kappa shape index (κ2) is 5.96. The molecule has 1 saturated heterocycles. The fourth-order valence-electron chi connectivity index (χ4n) is 3.15. The fraction of sp³-hybridized carbons (Fsp3) is 0.500. The lowest BCUT2D eigenvalue weighted by Crippen LogP contribution is -2.54. The number of nitrogens with zero attached hydrogens (tertiary/aromatic N) is 2. The van der Waals surface area contributed by atoms with Crippen LogP contribution in [0.2, 0.25) is 0 Å². The van der Waals surface area contributed by atoms with Crippen LogP contribution in [-0.4, -0.2) is 58.4 Å². The third-order valence-corrected chi connectivity index (χ3v) is 4.41. The summed E-state index contributed by atoms with van der Waals surface area (Å²) in [5, 5.41) is 0. The molecule has 0 bridgehead atoms. The summed E-state index contributed by atoms with van der Waals surface area (Å²) in [4.78, 5) is 33.6. The maximum Gasteiger partial charge on any atom is 0.323 e. The molecule has 0 saturated carbocycles. The quantitative estimate of drug-likeness (QED) is 0.887. The highest BCUT2D eigenvalue weighted by molar-refractivity contribution is 5.82. The van der Waals surface area contributed by atoms with Crippen molar-refractivity contribution in [2.45, 2.75) is 25.8 Å². The van der Waals surface area contributed by atoms with Gasteiger partial charge in [-0.15, -0.1) is 0 Å². The SMILES string of the molecule is CC[C@H]1CN(C)CCN1C(=O)Cc1ccc2[nH]c(=O)[nH]c2c1. The van der Waals surface area contributed by atoms with E-state index in [1.807, 2.05) is 23.1 Å². The Morgan fingerprint density at radius 3 is 2.82 bits per heavy atom. The Bertz CT molecular complexity index is 733. The molecule has 1 aromatic carbocycles. The highest BCUT2D eigenvalue weighted by Crippen LogP contribution is 2.16. The predicted molar refractivity (Wildman–Crippen MR) is 85.9 cm³/mol. The van der Waals surface area contributed by atoms with Crippen molar-refractivity contribution in [3.63, 3.8) is 0 Å². The molecule has 22 heavy (non-hydrogen) atoms. The highest BCUT2D eigenvalue weighted by atomic mass is 16.2. The number of hydrogen-bond donors (Lipinski definition) is 2. The summed E-state index contributed by atoms with van der Waals surface area (Å²) in [6.07, 6.45) is 1.35. The lowest BCUT2D eigenvalue weighted by Gasteiger charge is -2.39. The van der Waals surface area contributed by atoms with Crippen molar-refractivity contribution in [2.75, 3.05) is 26.7 Å². The molecule has 1 amide bonds. The zero-order valence-electron chi connectivity index (χ0n) is 13.1. The van der Waals surface area contributed by atoms with Crippen LogP contribution in [0.25, 0.3) is 11.0 Å². The highest BCUT2D eigenvalue weighted by Gasteiger charge is 2.27. The van der Waals surface area contributed by atoms with E-state index in [2.05, 4.69) is 28.8 Å². The minimum Gasteiger partial charge on any atom is -0.337 e. The van der Waals surface area contributed by atoms with E-state index in [0.29, 0.717) is 12.5 Å². The number of rotatable bonds is 3. The first kappa shape index (κ1) is 14.8. The van der Waals surface area contributed by atoms with Crippen LogP contribution in [0.15, 0.2) is 23.0 Å². The van der Waals surface area contributed by atoms with Crippen LogP contribution in [0, 0.1) is 0 Å². The van der Waals surface area contributed by atoms with Crippen molar-refractivity contribution in [3.8, 4) is 0 Å². The third kappa shape index (κ3) is 2.92. The van der Waals surface area contributed by atoms with Crippen molar-refractivity contribution in [1.82, 2.24) is 19.8 Å². The number of benzene rings is 1. The van der Waals surface area contributed by atoms with E-state index in [9.17, 15) is 9.59 Å². The minimum absolute atomic E-state index is 0.164. The molecule has 0 spiro atoms. The Hall–Kier alpha value is -2.08. The molecule has 1 aliphatic heterocycles. The molecule has 118 valence electrons. The summed E-state index contributed by atoms with van der Waals surface area (Å²) in [5.41, 5.74) is 2.23. The van der Waals surface area contributed by atoms with Gasteiger partial charge in [-0.3, -0.25) is 4.79 Å². The number of nitrogens with one attached hydrogen (secondary N) is 2. The Morgan fingerprint density at radius 2 is 2.05 bits per heavy atom. The maximum atomic E-state index is 12.6.